The Morgan fingerprint density at radius 2 is 2.10 bits per heavy atom. The van der Waals surface area contributed by atoms with Crippen LogP contribution >= 0.6 is 0 Å². The van der Waals surface area contributed by atoms with Crippen LogP contribution in [0.4, 0.5) is 0 Å². The van der Waals surface area contributed by atoms with E-state index in [9.17, 15) is 13.2 Å². The molecule has 0 aliphatic heterocycles. The predicted octanol–water partition coefficient (Wildman–Crippen LogP) is -2.47. The van der Waals surface area contributed by atoms with Gasteiger partial charge in [-0.3, -0.25) is 4.79 Å². The molecule has 0 rings (SSSR count). The lowest BCUT2D eigenvalue weighted by atomic mass is 10.7. The van der Waals surface area contributed by atoms with Crippen molar-refractivity contribution in [3.63, 3.8) is 0 Å². The minimum absolute atomic E-state index is 0.386. The topological polar surface area (TPSA) is 101 Å². The molecule has 0 atom stereocenters. The van der Waals surface area contributed by atoms with Crippen molar-refractivity contribution >= 4 is 16.1 Å². The highest BCUT2D eigenvalue weighted by atomic mass is 32.2. The maximum atomic E-state index is 10.5. The highest BCUT2D eigenvalue weighted by Gasteiger charge is 2.05. The van der Waals surface area contributed by atoms with Crippen molar-refractivity contribution in [1.29, 1.82) is 0 Å². The van der Waals surface area contributed by atoms with Gasteiger partial charge in [0.25, 0.3) is 10.2 Å². The Morgan fingerprint density at radius 3 is 2.40 bits per heavy atom. The average Bonchev–Trinajstić information content (AvgIpc) is 1.85. The molecule has 0 fully saturated rings. The number of primary amides is 1. The van der Waals surface area contributed by atoms with Crippen molar-refractivity contribution in [1.82, 2.24) is 9.44 Å². The number of nitrogens with two attached hydrogens (primary N) is 1. The fourth-order valence-corrected chi connectivity index (χ4v) is 0.715. The van der Waals surface area contributed by atoms with Crippen molar-refractivity contribution in [2.75, 3.05) is 13.6 Å². The zero-order valence-electron chi connectivity index (χ0n) is 5.42. The first-order valence-electron chi connectivity index (χ1n) is 2.44. The lowest BCUT2D eigenvalue weighted by Gasteiger charge is -2.00. The minimum Gasteiger partial charge on any atom is -0.369 e. The number of hydrogen-bond acceptors (Lipinski definition) is 3. The van der Waals surface area contributed by atoms with E-state index in [0.717, 1.165) is 0 Å². The van der Waals surface area contributed by atoms with Crippen LogP contribution < -0.4 is 15.2 Å². The Morgan fingerprint density at radius 1 is 1.60 bits per heavy atom. The van der Waals surface area contributed by atoms with Crippen molar-refractivity contribution in [3.05, 3.63) is 0 Å². The predicted molar refractivity (Wildman–Crippen MR) is 35.2 cm³/mol. The van der Waals surface area contributed by atoms with E-state index in [1.54, 1.807) is 0 Å². The number of rotatable bonds is 4. The van der Waals surface area contributed by atoms with Gasteiger partial charge in [0.1, 0.15) is 0 Å². The second-order valence-electron chi connectivity index (χ2n) is 1.49. The number of carbonyl (C=O) groups excluding carboxylic acids is 1. The van der Waals surface area contributed by atoms with Gasteiger partial charge in [0, 0.05) is 7.05 Å². The van der Waals surface area contributed by atoms with Crippen LogP contribution in [0.3, 0.4) is 0 Å². The van der Waals surface area contributed by atoms with Crippen LogP contribution in [0.15, 0.2) is 0 Å². The second-order valence-corrected chi connectivity index (χ2v) is 3.20. The van der Waals surface area contributed by atoms with E-state index in [1.807, 2.05) is 9.44 Å². The Hall–Kier alpha value is -0.660. The van der Waals surface area contributed by atoms with E-state index in [0.29, 0.717) is 0 Å². The van der Waals surface area contributed by atoms with Crippen LogP contribution in [0.2, 0.25) is 0 Å². The van der Waals surface area contributed by atoms with Crippen LogP contribution in [0.5, 0.6) is 0 Å². The zero-order valence-corrected chi connectivity index (χ0v) is 6.23. The second kappa shape index (κ2) is 3.49. The number of amides is 1. The molecule has 0 bridgehead atoms. The molecule has 0 aromatic rings. The average molecular weight is 167 g/mol. The highest BCUT2D eigenvalue weighted by Crippen LogP contribution is 1.69. The lowest BCUT2D eigenvalue weighted by Crippen LogP contribution is -2.39. The molecule has 0 heterocycles. The minimum atomic E-state index is -3.52. The van der Waals surface area contributed by atoms with Gasteiger partial charge in [0.15, 0.2) is 0 Å². The van der Waals surface area contributed by atoms with E-state index >= 15 is 0 Å². The van der Waals surface area contributed by atoms with Gasteiger partial charge in [-0.05, 0) is 0 Å². The summed E-state index contributed by atoms with van der Waals surface area (Å²) >= 11 is 0. The molecule has 4 N–H and O–H groups in total. The van der Waals surface area contributed by atoms with E-state index < -0.39 is 16.1 Å². The van der Waals surface area contributed by atoms with Gasteiger partial charge in [-0.25, -0.2) is 4.72 Å². The van der Waals surface area contributed by atoms with Crippen LogP contribution in [0, 0.1) is 0 Å². The third kappa shape index (κ3) is 4.24. The summed E-state index contributed by atoms with van der Waals surface area (Å²) in [6, 6.07) is 0. The summed E-state index contributed by atoms with van der Waals surface area (Å²) < 4.78 is 24.8. The third-order valence-electron chi connectivity index (χ3n) is 0.705. The van der Waals surface area contributed by atoms with Crippen molar-refractivity contribution in [2.45, 2.75) is 0 Å². The highest BCUT2D eigenvalue weighted by molar-refractivity contribution is 7.87. The van der Waals surface area contributed by atoms with Crippen LogP contribution in [0.25, 0.3) is 0 Å². The molecule has 10 heavy (non-hydrogen) atoms. The van der Waals surface area contributed by atoms with Crippen LogP contribution in [-0.4, -0.2) is 27.9 Å². The lowest BCUT2D eigenvalue weighted by molar-refractivity contribution is -0.116. The number of nitrogens with one attached hydrogen (secondary N) is 2. The van der Waals surface area contributed by atoms with E-state index in [2.05, 4.69) is 5.73 Å². The molecule has 6 nitrogen and oxygen atoms in total. The van der Waals surface area contributed by atoms with Gasteiger partial charge < -0.3 is 5.73 Å². The Labute approximate surface area is 59.0 Å². The molecule has 0 aliphatic rings. The van der Waals surface area contributed by atoms with Gasteiger partial charge >= 0.3 is 0 Å². The number of hydrogen-bond donors (Lipinski definition) is 3. The third-order valence-corrected chi connectivity index (χ3v) is 1.77. The monoisotopic (exact) mass is 167 g/mol. The summed E-state index contributed by atoms with van der Waals surface area (Å²) in [5, 5.41) is 0. The molecule has 7 heteroatoms. The first kappa shape index (κ1) is 9.34. The zero-order chi connectivity index (χ0) is 8.20. The Balaban J connectivity index is 3.81. The smallest absolute Gasteiger partial charge is 0.277 e. The molecule has 60 valence electrons. The molecule has 0 saturated carbocycles. The summed E-state index contributed by atoms with van der Waals surface area (Å²) in [7, 11) is -2.29. The number of carbonyl (C=O) groups is 1. The Kier molecular flexibility index (Phi) is 3.26. The maximum absolute atomic E-state index is 10.5. The molecule has 0 aromatic heterocycles. The van der Waals surface area contributed by atoms with Gasteiger partial charge in [-0.1, -0.05) is 0 Å². The van der Waals surface area contributed by atoms with Gasteiger partial charge in [-0.2, -0.15) is 13.1 Å². The summed E-state index contributed by atoms with van der Waals surface area (Å²) in [4.78, 5) is 10.0. The Bertz CT molecular complexity index is 209. The van der Waals surface area contributed by atoms with Gasteiger partial charge in [0.2, 0.25) is 5.91 Å². The van der Waals surface area contributed by atoms with E-state index in [1.165, 1.54) is 7.05 Å². The molecule has 0 saturated heterocycles. The molecule has 0 unspecified atom stereocenters. The molecular formula is C3H9N3O3S. The molecule has 0 aliphatic carbocycles. The quantitative estimate of drug-likeness (QED) is 0.432. The summed E-state index contributed by atoms with van der Waals surface area (Å²) in [6.45, 7) is -0.386. The van der Waals surface area contributed by atoms with Crippen LogP contribution in [0.1, 0.15) is 0 Å². The summed E-state index contributed by atoms with van der Waals surface area (Å²) in [6.07, 6.45) is 0. The van der Waals surface area contributed by atoms with E-state index in [4.69, 9.17) is 0 Å². The first-order valence-corrected chi connectivity index (χ1v) is 3.92. The normalized spacial score (nSPS) is 11.3. The fraction of sp³-hybridized carbons (Fsp3) is 0.667. The summed E-state index contributed by atoms with van der Waals surface area (Å²) in [5.74, 6) is -0.723. The van der Waals surface area contributed by atoms with Gasteiger partial charge in [0.05, 0.1) is 6.54 Å². The fourth-order valence-electron chi connectivity index (χ4n) is 0.238. The van der Waals surface area contributed by atoms with Gasteiger partial charge in [-0.15, -0.1) is 0 Å². The standard InChI is InChI=1S/C3H9N3O3S/c1-5-10(8,9)6-2-3(4)7/h5-6H,2H2,1H3,(H2,4,7). The van der Waals surface area contributed by atoms with Crippen molar-refractivity contribution in [2.24, 2.45) is 5.73 Å². The molecule has 0 radical (unpaired) electrons. The molecule has 1 amide bonds. The first-order chi connectivity index (χ1) is 4.48. The van der Waals surface area contributed by atoms with Crippen molar-refractivity contribution in [3.8, 4) is 0 Å². The molecule has 0 spiro atoms. The largest absolute Gasteiger partial charge is 0.369 e. The van der Waals surface area contributed by atoms with Crippen molar-refractivity contribution < 1.29 is 13.2 Å². The van der Waals surface area contributed by atoms with Crippen LogP contribution in [-0.2, 0) is 15.0 Å². The molecule has 0 aromatic carbocycles. The summed E-state index contributed by atoms with van der Waals surface area (Å²) in [5.41, 5.74) is 4.66. The maximum Gasteiger partial charge on any atom is 0.277 e. The molecular weight excluding hydrogens is 158 g/mol. The van der Waals surface area contributed by atoms with E-state index in [-0.39, 0.29) is 6.54 Å². The SMILES string of the molecule is CNS(=O)(=O)NCC(N)=O.